The van der Waals surface area contributed by atoms with Gasteiger partial charge in [0.15, 0.2) is 0 Å². The van der Waals surface area contributed by atoms with E-state index in [2.05, 4.69) is 16.7 Å². The molecular formula is C19H24N2O2. The molecule has 0 aliphatic carbocycles. The van der Waals surface area contributed by atoms with Gasteiger partial charge in [-0.2, -0.15) is 0 Å². The number of aromatic nitrogens is 1. The number of likely N-dealkylation sites (tertiary alicyclic amines) is 1. The van der Waals surface area contributed by atoms with Crippen LogP contribution in [0.15, 0.2) is 36.4 Å². The first-order valence-electron chi connectivity index (χ1n) is 8.24. The standard InChI is InChI=1S/C19H24N2O2/c1-14-11-18(19(23)20-10-6-9-17(22)13-20)15(2)21(14)12-16-7-4-3-5-8-16/h3-5,7-8,11,17,22H,6,9-10,12-13H2,1-2H3. The fraction of sp³-hybridized carbons (Fsp3) is 0.421. The van der Waals surface area contributed by atoms with E-state index in [0.29, 0.717) is 6.54 Å². The van der Waals surface area contributed by atoms with Crippen LogP contribution in [0, 0.1) is 13.8 Å². The summed E-state index contributed by atoms with van der Waals surface area (Å²) in [6.07, 6.45) is 1.27. The van der Waals surface area contributed by atoms with Crippen molar-refractivity contribution in [3.05, 3.63) is 58.9 Å². The maximum absolute atomic E-state index is 12.8. The molecule has 1 atom stereocenters. The molecule has 1 aromatic carbocycles. The van der Waals surface area contributed by atoms with E-state index in [1.807, 2.05) is 38.1 Å². The van der Waals surface area contributed by atoms with Crippen LogP contribution in [0.1, 0.15) is 40.2 Å². The van der Waals surface area contributed by atoms with E-state index < -0.39 is 0 Å². The Morgan fingerprint density at radius 3 is 2.70 bits per heavy atom. The van der Waals surface area contributed by atoms with Gasteiger partial charge in [-0.3, -0.25) is 4.79 Å². The van der Waals surface area contributed by atoms with Gasteiger partial charge >= 0.3 is 0 Å². The van der Waals surface area contributed by atoms with E-state index in [0.717, 1.165) is 42.9 Å². The minimum Gasteiger partial charge on any atom is -0.391 e. The molecule has 2 aromatic rings. The highest BCUT2D eigenvalue weighted by molar-refractivity contribution is 5.95. The molecule has 1 unspecified atom stereocenters. The van der Waals surface area contributed by atoms with Crippen LogP contribution in [0.3, 0.4) is 0 Å². The van der Waals surface area contributed by atoms with Gasteiger partial charge in [-0.15, -0.1) is 0 Å². The maximum Gasteiger partial charge on any atom is 0.255 e. The molecule has 122 valence electrons. The molecule has 23 heavy (non-hydrogen) atoms. The quantitative estimate of drug-likeness (QED) is 0.947. The lowest BCUT2D eigenvalue weighted by Gasteiger charge is -2.30. The smallest absolute Gasteiger partial charge is 0.255 e. The number of carbonyl (C=O) groups is 1. The van der Waals surface area contributed by atoms with E-state index in [1.54, 1.807) is 4.90 Å². The molecule has 1 N–H and O–H groups in total. The summed E-state index contributed by atoms with van der Waals surface area (Å²) in [5.41, 5.74) is 4.07. The number of hydrogen-bond acceptors (Lipinski definition) is 2. The van der Waals surface area contributed by atoms with Crippen LogP contribution < -0.4 is 0 Å². The van der Waals surface area contributed by atoms with Crippen molar-refractivity contribution in [2.75, 3.05) is 13.1 Å². The summed E-state index contributed by atoms with van der Waals surface area (Å²) >= 11 is 0. The Morgan fingerprint density at radius 2 is 2.00 bits per heavy atom. The number of amides is 1. The molecule has 1 aromatic heterocycles. The second-order valence-corrected chi connectivity index (χ2v) is 6.40. The minimum atomic E-state index is -0.388. The average Bonchev–Trinajstić information content (AvgIpc) is 2.83. The van der Waals surface area contributed by atoms with Crippen molar-refractivity contribution in [3.63, 3.8) is 0 Å². The second-order valence-electron chi connectivity index (χ2n) is 6.40. The van der Waals surface area contributed by atoms with Crippen molar-refractivity contribution in [3.8, 4) is 0 Å². The Labute approximate surface area is 137 Å². The van der Waals surface area contributed by atoms with Crippen LogP contribution in [0.2, 0.25) is 0 Å². The monoisotopic (exact) mass is 312 g/mol. The molecule has 0 spiro atoms. The van der Waals surface area contributed by atoms with Gasteiger partial charge in [0.1, 0.15) is 0 Å². The summed E-state index contributed by atoms with van der Waals surface area (Å²) in [4.78, 5) is 14.6. The lowest BCUT2D eigenvalue weighted by molar-refractivity contribution is 0.0473. The Kier molecular flexibility index (Phi) is 4.53. The molecule has 1 aliphatic rings. The number of nitrogens with zero attached hydrogens (tertiary/aromatic N) is 2. The Morgan fingerprint density at radius 1 is 1.26 bits per heavy atom. The van der Waals surface area contributed by atoms with Crippen LogP contribution >= 0.6 is 0 Å². The molecule has 0 radical (unpaired) electrons. The van der Waals surface area contributed by atoms with Gasteiger partial charge in [-0.05, 0) is 38.3 Å². The summed E-state index contributed by atoms with van der Waals surface area (Å²) in [6.45, 7) is 6.00. The molecule has 4 heteroatoms. The van der Waals surface area contributed by atoms with E-state index in [9.17, 15) is 9.90 Å². The summed E-state index contributed by atoms with van der Waals surface area (Å²) in [7, 11) is 0. The number of aryl methyl sites for hydroxylation is 1. The summed E-state index contributed by atoms with van der Waals surface area (Å²) in [5, 5.41) is 9.80. The molecule has 1 amide bonds. The zero-order valence-electron chi connectivity index (χ0n) is 13.8. The molecular weight excluding hydrogens is 288 g/mol. The van der Waals surface area contributed by atoms with Crippen molar-refractivity contribution in [2.45, 2.75) is 39.3 Å². The van der Waals surface area contributed by atoms with Crippen LogP contribution in [0.4, 0.5) is 0 Å². The summed E-state index contributed by atoms with van der Waals surface area (Å²) < 4.78 is 2.18. The molecule has 0 bridgehead atoms. The number of benzene rings is 1. The van der Waals surface area contributed by atoms with Crippen LogP contribution in [-0.2, 0) is 6.54 Å². The van der Waals surface area contributed by atoms with Gasteiger partial charge in [0, 0.05) is 31.0 Å². The van der Waals surface area contributed by atoms with Gasteiger partial charge < -0.3 is 14.6 Å². The molecule has 1 fully saturated rings. The van der Waals surface area contributed by atoms with Crippen LogP contribution in [0.25, 0.3) is 0 Å². The minimum absolute atomic E-state index is 0.0381. The number of rotatable bonds is 3. The number of aliphatic hydroxyl groups is 1. The fourth-order valence-electron chi connectivity index (χ4n) is 3.34. The van der Waals surface area contributed by atoms with Gasteiger partial charge in [0.05, 0.1) is 11.7 Å². The summed E-state index contributed by atoms with van der Waals surface area (Å²) in [6, 6.07) is 12.2. The van der Waals surface area contributed by atoms with E-state index >= 15 is 0 Å². The largest absolute Gasteiger partial charge is 0.391 e. The van der Waals surface area contributed by atoms with Crippen molar-refractivity contribution >= 4 is 5.91 Å². The number of β-amino-alcohol motifs (C(OH)–C–C–N with tert-alkyl or cyclic N) is 1. The Hall–Kier alpha value is -2.07. The normalized spacial score (nSPS) is 18.2. The van der Waals surface area contributed by atoms with Crippen molar-refractivity contribution in [1.82, 2.24) is 9.47 Å². The van der Waals surface area contributed by atoms with Gasteiger partial charge in [0.2, 0.25) is 0 Å². The SMILES string of the molecule is Cc1cc(C(=O)N2CCCC(O)C2)c(C)n1Cc1ccccc1. The Balaban J connectivity index is 1.84. The third-order valence-corrected chi connectivity index (χ3v) is 4.67. The number of carbonyl (C=O) groups excluding carboxylic acids is 1. The highest BCUT2D eigenvalue weighted by Crippen LogP contribution is 2.21. The lowest BCUT2D eigenvalue weighted by Crippen LogP contribution is -2.42. The van der Waals surface area contributed by atoms with Crippen LogP contribution in [0.5, 0.6) is 0 Å². The fourth-order valence-corrected chi connectivity index (χ4v) is 3.34. The van der Waals surface area contributed by atoms with Crippen molar-refractivity contribution < 1.29 is 9.90 Å². The molecule has 4 nitrogen and oxygen atoms in total. The number of hydrogen-bond donors (Lipinski definition) is 1. The zero-order chi connectivity index (χ0) is 16.4. The third kappa shape index (κ3) is 3.32. The topological polar surface area (TPSA) is 45.5 Å². The summed E-state index contributed by atoms with van der Waals surface area (Å²) in [5.74, 6) is 0.0381. The maximum atomic E-state index is 12.8. The highest BCUT2D eigenvalue weighted by atomic mass is 16.3. The molecule has 0 saturated carbocycles. The van der Waals surface area contributed by atoms with E-state index in [1.165, 1.54) is 5.56 Å². The molecule has 1 saturated heterocycles. The van der Waals surface area contributed by atoms with Crippen molar-refractivity contribution in [1.29, 1.82) is 0 Å². The molecule has 2 heterocycles. The lowest BCUT2D eigenvalue weighted by atomic mass is 10.1. The zero-order valence-corrected chi connectivity index (χ0v) is 13.8. The van der Waals surface area contributed by atoms with E-state index in [-0.39, 0.29) is 12.0 Å². The number of piperidine rings is 1. The average molecular weight is 312 g/mol. The van der Waals surface area contributed by atoms with Gasteiger partial charge in [-0.1, -0.05) is 30.3 Å². The predicted octanol–water partition coefficient (Wildman–Crippen LogP) is 2.75. The van der Waals surface area contributed by atoms with Gasteiger partial charge in [0.25, 0.3) is 5.91 Å². The van der Waals surface area contributed by atoms with Crippen molar-refractivity contribution in [2.24, 2.45) is 0 Å². The first-order chi connectivity index (χ1) is 11.1. The molecule has 1 aliphatic heterocycles. The van der Waals surface area contributed by atoms with Crippen LogP contribution in [-0.4, -0.2) is 39.7 Å². The third-order valence-electron chi connectivity index (χ3n) is 4.67. The predicted molar refractivity (Wildman–Crippen MR) is 90.6 cm³/mol. The highest BCUT2D eigenvalue weighted by Gasteiger charge is 2.25. The first kappa shape index (κ1) is 15.8. The molecule has 3 rings (SSSR count). The Bertz CT molecular complexity index is 691. The number of aliphatic hydroxyl groups excluding tert-OH is 1. The van der Waals surface area contributed by atoms with Gasteiger partial charge in [-0.25, -0.2) is 0 Å². The first-order valence-corrected chi connectivity index (χ1v) is 8.24. The van der Waals surface area contributed by atoms with E-state index in [4.69, 9.17) is 0 Å². The second kappa shape index (κ2) is 6.59.